The van der Waals surface area contributed by atoms with Crippen LogP contribution in [0.25, 0.3) is 0 Å². The molecule has 1 aromatic carbocycles. The summed E-state index contributed by atoms with van der Waals surface area (Å²) in [4.78, 5) is 24.5. The molecule has 0 spiro atoms. The van der Waals surface area contributed by atoms with Gasteiger partial charge in [0.15, 0.2) is 9.84 Å². The summed E-state index contributed by atoms with van der Waals surface area (Å²) < 4.78 is 63.9. The van der Waals surface area contributed by atoms with Gasteiger partial charge in [0.1, 0.15) is 11.5 Å². The number of hydrogen-bond acceptors (Lipinski definition) is 6. The number of nitrogens with one attached hydrogen (secondary N) is 1. The zero-order chi connectivity index (χ0) is 20.5. The molecular weight excluding hydrogens is 403 g/mol. The lowest BCUT2D eigenvalue weighted by atomic mass is 10.1. The summed E-state index contributed by atoms with van der Waals surface area (Å²) in [6.45, 7) is 0. The van der Waals surface area contributed by atoms with E-state index >= 15 is 0 Å². The summed E-state index contributed by atoms with van der Waals surface area (Å²) in [5.74, 6) is -1.83. The fourth-order valence-electron chi connectivity index (χ4n) is 2.96. The Labute approximate surface area is 158 Å². The second kappa shape index (κ2) is 7.41. The van der Waals surface area contributed by atoms with Crippen LogP contribution in [0.1, 0.15) is 19.3 Å². The normalized spacial score (nSPS) is 22.0. The van der Waals surface area contributed by atoms with Crippen molar-refractivity contribution in [3.63, 3.8) is 0 Å². The minimum absolute atomic E-state index is 0.00830. The number of rotatable bonds is 4. The zero-order valence-electron chi connectivity index (χ0n) is 14.4. The molecule has 1 atom stereocenters. The number of halogens is 3. The van der Waals surface area contributed by atoms with E-state index in [1.165, 1.54) is 12.1 Å². The lowest BCUT2D eigenvalue weighted by Crippen LogP contribution is -2.42. The van der Waals surface area contributed by atoms with Gasteiger partial charge < -0.3 is 10.1 Å². The molecule has 1 saturated heterocycles. The maximum Gasteiger partial charge on any atom is 0.573 e. The summed E-state index contributed by atoms with van der Waals surface area (Å²) in [5.41, 5.74) is 0.0485. The number of hydrazone groups is 1. The molecule has 1 unspecified atom stereocenters. The van der Waals surface area contributed by atoms with Crippen molar-refractivity contribution in [2.75, 3.05) is 16.8 Å². The predicted molar refractivity (Wildman–Crippen MR) is 92.3 cm³/mol. The molecule has 1 aromatic rings. The number of carbonyl (C=O) groups excluding carboxylic acids is 2. The van der Waals surface area contributed by atoms with Crippen LogP contribution in [0.2, 0.25) is 0 Å². The topological polar surface area (TPSA) is 105 Å². The number of amides is 2. The van der Waals surface area contributed by atoms with Crippen molar-refractivity contribution in [1.29, 1.82) is 0 Å². The van der Waals surface area contributed by atoms with Crippen LogP contribution in [0.15, 0.2) is 29.4 Å². The third kappa shape index (κ3) is 5.00. The Morgan fingerprint density at radius 1 is 1.29 bits per heavy atom. The molecule has 0 aromatic heterocycles. The van der Waals surface area contributed by atoms with Crippen LogP contribution >= 0.6 is 0 Å². The quantitative estimate of drug-likeness (QED) is 0.800. The highest BCUT2D eigenvalue weighted by molar-refractivity contribution is 7.91. The highest BCUT2D eigenvalue weighted by Gasteiger charge is 2.37. The van der Waals surface area contributed by atoms with Crippen molar-refractivity contribution in [1.82, 2.24) is 5.01 Å². The summed E-state index contributed by atoms with van der Waals surface area (Å²) in [6.07, 6.45) is -4.60. The van der Waals surface area contributed by atoms with Crippen LogP contribution < -0.4 is 10.1 Å². The molecule has 28 heavy (non-hydrogen) atoms. The average Bonchev–Trinajstić information content (AvgIpc) is 2.93. The first-order chi connectivity index (χ1) is 13.0. The number of alkyl halides is 3. The van der Waals surface area contributed by atoms with Crippen molar-refractivity contribution in [2.24, 2.45) is 5.10 Å². The molecular formula is C16H16F3N3O5S. The number of nitrogens with zero attached hydrogens (tertiary/aromatic N) is 2. The standard InChI is InChI=1S/C16H16F3N3O5S/c17-16(18,19)27-12-3-1-2-10(8-12)20-15(24)13-4-5-14(23)22(21-13)11-6-7-28(25,26)9-11/h1-3,8,11H,4-7,9H2,(H,20,24). The van der Waals surface area contributed by atoms with Gasteiger partial charge in [-0.1, -0.05) is 6.07 Å². The second-order valence-electron chi connectivity index (χ2n) is 6.37. The number of benzene rings is 1. The summed E-state index contributed by atoms with van der Waals surface area (Å²) in [7, 11) is -3.24. The molecule has 8 nitrogen and oxygen atoms in total. The predicted octanol–water partition coefficient (Wildman–Crippen LogP) is 1.69. The van der Waals surface area contributed by atoms with Crippen molar-refractivity contribution in [2.45, 2.75) is 31.7 Å². The zero-order valence-corrected chi connectivity index (χ0v) is 15.2. The van der Waals surface area contributed by atoms with E-state index in [2.05, 4.69) is 15.2 Å². The number of hydrogen-bond donors (Lipinski definition) is 1. The maximum atomic E-state index is 12.4. The summed E-state index contributed by atoms with van der Waals surface area (Å²) in [6, 6.07) is 4.11. The van der Waals surface area contributed by atoms with Gasteiger partial charge in [-0.3, -0.25) is 9.59 Å². The summed E-state index contributed by atoms with van der Waals surface area (Å²) in [5, 5.41) is 7.44. The first-order valence-electron chi connectivity index (χ1n) is 8.29. The van der Waals surface area contributed by atoms with E-state index in [1.54, 1.807) is 0 Å². The average molecular weight is 419 g/mol. The Hall–Kier alpha value is -2.63. The molecule has 3 rings (SSSR count). The lowest BCUT2D eigenvalue weighted by molar-refractivity contribution is -0.274. The highest BCUT2D eigenvalue weighted by atomic mass is 32.2. The fourth-order valence-corrected chi connectivity index (χ4v) is 4.65. The smallest absolute Gasteiger partial charge is 0.406 e. The van der Waals surface area contributed by atoms with Crippen LogP contribution in [0, 0.1) is 0 Å². The van der Waals surface area contributed by atoms with Crippen molar-refractivity contribution in [3.8, 4) is 5.75 Å². The number of anilines is 1. The van der Waals surface area contributed by atoms with Gasteiger partial charge in [-0.15, -0.1) is 13.2 Å². The van der Waals surface area contributed by atoms with Gasteiger partial charge in [0.2, 0.25) is 5.91 Å². The van der Waals surface area contributed by atoms with E-state index in [-0.39, 0.29) is 48.1 Å². The maximum absolute atomic E-state index is 12.4. The minimum atomic E-state index is -4.86. The van der Waals surface area contributed by atoms with Crippen LogP contribution in [-0.2, 0) is 19.4 Å². The third-order valence-corrected chi connectivity index (χ3v) is 5.95. The Morgan fingerprint density at radius 3 is 2.68 bits per heavy atom. The summed E-state index contributed by atoms with van der Waals surface area (Å²) >= 11 is 0. The molecule has 1 N–H and O–H groups in total. The molecule has 1 fully saturated rings. The Kier molecular flexibility index (Phi) is 5.33. The Balaban J connectivity index is 1.72. The van der Waals surface area contributed by atoms with Gasteiger partial charge in [-0.25, -0.2) is 13.4 Å². The van der Waals surface area contributed by atoms with Gasteiger partial charge in [0.05, 0.1) is 17.5 Å². The van der Waals surface area contributed by atoms with Gasteiger partial charge in [0, 0.05) is 24.6 Å². The van der Waals surface area contributed by atoms with E-state index in [0.717, 1.165) is 17.1 Å². The SMILES string of the molecule is O=C(Nc1cccc(OC(F)(F)F)c1)C1=NN(C2CCS(=O)(=O)C2)C(=O)CC1. The van der Waals surface area contributed by atoms with Crippen LogP contribution in [-0.4, -0.2) is 54.9 Å². The Morgan fingerprint density at radius 2 is 2.04 bits per heavy atom. The lowest BCUT2D eigenvalue weighted by Gasteiger charge is -2.27. The van der Waals surface area contributed by atoms with E-state index < -0.39 is 33.9 Å². The Bertz CT molecular complexity index is 930. The molecule has 0 saturated carbocycles. The minimum Gasteiger partial charge on any atom is -0.406 e. The second-order valence-corrected chi connectivity index (χ2v) is 8.60. The molecule has 152 valence electrons. The number of ether oxygens (including phenoxy) is 1. The van der Waals surface area contributed by atoms with Gasteiger partial charge in [-0.2, -0.15) is 5.10 Å². The van der Waals surface area contributed by atoms with E-state index in [4.69, 9.17) is 0 Å². The van der Waals surface area contributed by atoms with E-state index in [9.17, 15) is 31.2 Å². The third-order valence-electron chi connectivity index (χ3n) is 4.20. The first-order valence-corrected chi connectivity index (χ1v) is 10.1. The van der Waals surface area contributed by atoms with Crippen molar-refractivity contribution in [3.05, 3.63) is 24.3 Å². The fraction of sp³-hybridized carbons (Fsp3) is 0.438. The van der Waals surface area contributed by atoms with Crippen LogP contribution in [0.5, 0.6) is 5.75 Å². The number of sulfone groups is 1. The molecule has 0 aliphatic carbocycles. The van der Waals surface area contributed by atoms with Crippen molar-refractivity contribution >= 4 is 33.1 Å². The molecule has 0 radical (unpaired) electrons. The van der Waals surface area contributed by atoms with E-state index in [1.807, 2.05) is 0 Å². The molecule has 2 heterocycles. The monoisotopic (exact) mass is 419 g/mol. The van der Waals surface area contributed by atoms with Crippen LogP contribution in [0.4, 0.5) is 18.9 Å². The van der Waals surface area contributed by atoms with Crippen molar-refractivity contribution < 1.29 is 35.9 Å². The molecule has 0 bridgehead atoms. The van der Waals surface area contributed by atoms with Gasteiger partial charge in [-0.05, 0) is 18.6 Å². The molecule has 2 aliphatic rings. The van der Waals surface area contributed by atoms with E-state index in [0.29, 0.717) is 0 Å². The molecule has 2 aliphatic heterocycles. The first kappa shape index (κ1) is 20.1. The molecule has 12 heteroatoms. The van der Waals surface area contributed by atoms with Crippen LogP contribution in [0.3, 0.4) is 0 Å². The van der Waals surface area contributed by atoms with Gasteiger partial charge >= 0.3 is 6.36 Å². The van der Waals surface area contributed by atoms with Gasteiger partial charge in [0.25, 0.3) is 5.91 Å². The number of carbonyl (C=O) groups is 2. The molecule has 2 amide bonds. The highest BCUT2D eigenvalue weighted by Crippen LogP contribution is 2.26. The largest absolute Gasteiger partial charge is 0.573 e.